The quantitative estimate of drug-likeness (QED) is 0.136. The number of nitrogens with zero attached hydrogens (tertiary/aromatic N) is 5. The maximum absolute atomic E-state index is 5.31. The number of imidazole rings is 2. The Hall–Kier alpha value is -6.56. The molecule has 3 heterocycles. The topological polar surface area (TPSA) is 35.6 Å². The SMILES string of the molecule is c1ccc(-n2c(-c3cc(-c4nc5ccccc5n4-c4ccccc4)cc([N+]4(c5ccccc5)c5ccccc54)c3)nc3ccccc32)cc1. The van der Waals surface area contributed by atoms with Gasteiger partial charge in [-0.05, 0) is 54.6 Å². The predicted octanol–water partition coefficient (Wildman–Crippen LogP) is 11.3. The lowest BCUT2D eigenvalue weighted by molar-refractivity contribution is 0.838. The molecule has 49 heavy (non-hydrogen) atoms. The second kappa shape index (κ2) is 10.7. The minimum atomic E-state index is 0.547. The summed E-state index contributed by atoms with van der Waals surface area (Å²) in [5.41, 5.74) is 13.1. The van der Waals surface area contributed by atoms with Crippen molar-refractivity contribution in [2.24, 2.45) is 0 Å². The van der Waals surface area contributed by atoms with E-state index in [4.69, 9.17) is 9.97 Å². The molecule has 5 heteroatoms. The molecule has 0 atom stereocenters. The lowest BCUT2D eigenvalue weighted by Crippen LogP contribution is -2.17. The van der Waals surface area contributed by atoms with Gasteiger partial charge in [0.25, 0.3) is 0 Å². The number of benzene rings is 7. The summed E-state index contributed by atoms with van der Waals surface area (Å²) >= 11 is 0. The van der Waals surface area contributed by atoms with Crippen molar-refractivity contribution < 1.29 is 0 Å². The number of aromatic nitrogens is 4. The first-order valence-electron chi connectivity index (χ1n) is 16.6. The van der Waals surface area contributed by atoms with Crippen LogP contribution in [0.1, 0.15) is 0 Å². The summed E-state index contributed by atoms with van der Waals surface area (Å²) in [7, 11) is 0. The second-order valence-corrected chi connectivity index (χ2v) is 12.5. The van der Waals surface area contributed by atoms with E-state index in [1.807, 2.05) is 0 Å². The number of hydrogen-bond donors (Lipinski definition) is 0. The van der Waals surface area contributed by atoms with Crippen LogP contribution < -0.4 is 4.48 Å². The van der Waals surface area contributed by atoms with Crippen LogP contribution in [0.15, 0.2) is 182 Å². The molecule has 0 saturated heterocycles. The van der Waals surface area contributed by atoms with Gasteiger partial charge < -0.3 is 0 Å². The van der Waals surface area contributed by atoms with Crippen molar-refractivity contribution in [3.8, 4) is 34.2 Å². The van der Waals surface area contributed by atoms with Gasteiger partial charge in [0.05, 0.1) is 22.1 Å². The summed E-state index contributed by atoms with van der Waals surface area (Å²) in [6.07, 6.45) is 0. The number of quaternary nitrogens is 1. The van der Waals surface area contributed by atoms with Crippen molar-refractivity contribution in [1.29, 1.82) is 0 Å². The Kier molecular flexibility index (Phi) is 6.04. The molecule has 1 aliphatic heterocycles. The van der Waals surface area contributed by atoms with E-state index in [0.717, 1.165) is 61.9 Å². The van der Waals surface area contributed by atoms with Gasteiger partial charge in [-0.25, -0.2) is 9.97 Å². The normalized spacial score (nSPS) is 13.1. The van der Waals surface area contributed by atoms with Crippen LogP contribution in [0.25, 0.3) is 56.2 Å². The van der Waals surface area contributed by atoms with Crippen molar-refractivity contribution in [3.63, 3.8) is 0 Å². The fourth-order valence-electron chi connectivity index (χ4n) is 7.50. The average molecular weight is 629 g/mol. The Labute approximate surface area is 283 Å². The van der Waals surface area contributed by atoms with E-state index in [0.29, 0.717) is 4.48 Å². The van der Waals surface area contributed by atoms with Gasteiger partial charge in [-0.3, -0.25) is 9.13 Å². The zero-order chi connectivity index (χ0) is 32.4. The molecule has 9 aromatic rings. The smallest absolute Gasteiger partial charge is 0.211 e. The third-order valence-electron chi connectivity index (χ3n) is 9.67. The molecule has 0 amide bonds. The summed E-state index contributed by atoms with van der Waals surface area (Å²) in [6, 6.07) is 64.3. The van der Waals surface area contributed by atoms with Gasteiger partial charge in [0, 0.05) is 58.9 Å². The maximum atomic E-state index is 5.31. The second-order valence-electron chi connectivity index (χ2n) is 12.5. The predicted molar refractivity (Wildman–Crippen MR) is 200 cm³/mol. The van der Waals surface area contributed by atoms with Crippen LogP contribution in [-0.2, 0) is 0 Å². The van der Waals surface area contributed by atoms with Gasteiger partial charge in [0.15, 0.2) is 0 Å². The largest absolute Gasteiger partial charge is 0.292 e. The molecule has 0 fully saturated rings. The molecule has 1 aliphatic rings. The van der Waals surface area contributed by atoms with E-state index < -0.39 is 0 Å². The number of rotatable bonds is 6. The van der Waals surface area contributed by atoms with E-state index in [1.165, 1.54) is 17.1 Å². The van der Waals surface area contributed by atoms with Crippen LogP contribution in [0.2, 0.25) is 0 Å². The lowest BCUT2D eigenvalue weighted by atomic mass is 10.1. The van der Waals surface area contributed by atoms with Crippen molar-refractivity contribution in [2.75, 3.05) is 0 Å². The minimum Gasteiger partial charge on any atom is -0.292 e. The van der Waals surface area contributed by atoms with Crippen molar-refractivity contribution in [3.05, 3.63) is 182 Å². The number of para-hydroxylation sites is 9. The van der Waals surface area contributed by atoms with E-state index in [9.17, 15) is 0 Å². The average Bonchev–Trinajstić information content (AvgIpc) is 3.47. The number of hydrogen-bond acceptors (Lipinski definition) is 2. The molecule has 0 radical (unpaired) electrons. The summed E-state index contributed by atoms with van der Waals surface area (Å²) in [5.74, 6) is 1.77. The Morgan fingerprint density at radius 3 is 1.27 bits per heavy atom. The Morgan fingerprint density at radius 2 is 0.776 bits per heavy atom. The molecular weight excluding hydrogens is 599 g/mol. The van der Waals surface area contributed by atoms with E-state index >= 15 is 0 Å². The fourth-order valence-corrected chi connectivity index (χ4v) is 7.50. The zero-order valence-electron chi connectivity index (χ0n) is 26.6. The van der Waals surface area contributed by atoms with Crippen LogP contribution in [-0.4, -0.2) is 19.1 Å². The van der Waals surface area contributed by atoms with Crippen LogP contribution >= 0.6 is 0 Å². The van der Waals surface area contributed by atoms with Gasteiger partial charge in [-0.1, -0.05) is 91.0 Å². The summed E-state index contributed by atoms with van der Waals surface area (Å²) in [4.78, 5) is 10.6. The van der Waals surface area contributed by atoms with E-state index in [1.54, 1.807) is 0 Å². The minimum absolute atomic E-state index is 0.547. The van der Waals surface area contributed by atoms with Crippen molar-refractivity contribution in [2.45, 2.75) is 0 Å². The Morgan fingerprint density at radius 1 is 0.367 bits per heavy atom. The summed E-state index contributed by atoms with van der Waals surface area (Å²) in [6.45, 7) is 0. The molecule has 0 aliphatic carbocycles. The highest BCUT2D eigenvalue weighted by Gasteiger charge is 2.57. The first-order chi connectivity index (χ1) is 24.3. The molecule has 2 aromatic heterocycles. The highest BCUT2D eigenvalue weighted by molar-refractivity contribution is 6.03. The zero-order valence-corrected chi connectivity index (χ0v) is 26.6. The van der Waals surface area contributed by atoms with Crippen LogP contribution in [0.5, 0.6) is 0 Å². The van der Waals surface area contributed by atoms with E-state index in [-0.39, 0.29) is 0 Å². The van der Waals surface area contributed by atoms with Crippen LogP contribution in [0.4, 0.5) is 22.7 Å². The molecule has 0 N–H and O–H groups in total. The molecule has 0 saturated carbocycles. The Bertz CT molecular complexity index is 2500. The van der Waals surface area contributed by atoms with Gasteiger partial charge in [-0.2, -0.15) is 4.48 Å². The molecule has 0 unspecified atom stereocenters. The van der Waals surface area contributed by atoms with Gasteiger partial charge in [-0.15, -0.1) is 0 Å². The molecule has 0 bridgehead atoms. The first kappa shape index (κ1) is 27.5. The van der Waals surface area contributed by atoms with Crippen molar-refractivity contribution >= 4 is 44.8 Å². The first-order valence-corrected chi connectivity index (χ1v) is 16.6. The highest BCUT2D eigenvalue weighted by atomic mass is 15.5. The summed E-state index contributed by atoms with van der Waals surface area (Å²) in [5, 5.41) is 0. The monoisotopic (exact) mass is 628 g/mol. The molecule has 230 valence electrons. The van der Waals surface area contributed by atoms with Crippen LogP contribution in [0, 0.1) is 0 Å². The third kappa shape index (κ3) is 4.16. The summed E-state index contributed by atoms with van der Waals surface area (Å²) < 4.78 is 5.10. The molecule has 0 spiro atoms. The third-order valence-corrected chi connectivity index (χ3v) is 9.67. The Balaban J connectivity index is 1.31. The lowest BCUT2D eigenvalue weighted by Gasteiger charge is -2.21. The number of fused-ring (bicyclic) bond motifs is 3. The standard InChI is InChI=1S/C44H30N5/c1-4-16-33(17-5-1)47-39-24-12-10-22-37(39)45-43(47)31-28-32(44-46-38-23-11-13-25-40(38)48(44)34-18-6-2-7-19-34)30-36(29-31)49(35-20-8-3-9-21-35)41-26-14-15-27-42(41)49/h1-30H/q+1. The molecule has 10 rings (SSSR count). The highest BCUT2D eigenvalue weighted by Crippen LogP contribution is 2.68. The van der Waals surface area contributed by atoms with Crippen molar-refractivity contribution in [1.82, 2.24) is 23.6 Å². The molecule has 5 nitrogen and oxygen atoms in total. The molecular formula is C44H30N5+. The fraction of sp³-hybridized carbons (Fsp3) is 0. The van der Waals surface area contributed by atoms with E-state index in [2.05, 4.69) is 191 Å². The van der Waals surface area contributed by atoms with Gasteiger partial charge in [0.2, 0.25) is 11.4 Å². The van der Waals surface area contributed by atoms with Gasteiger partial charge >= 0.3 is 0 Å². The maximum Gasteiger partial charge on any atom is 0.211 e. The molecule has 7 aromatic carbocycles. The van der Waals surface area contributed by atoms with Gasteiger partial charge in [0.1, 0.15) is 23.0 Å². The van der Waals surface area contributed by atoms with Crippen LogP contribution in [0.3, 0.4) is 0 Å².